The van der Waals surface area contributed by atoms with Crippen molar-refractivity contribution in [3.05, 3.63) is 0 Å². The smallest absolute Gasteiger partial charge is 0.221 e. The van der Waals surface area contributed by atoms with E-state index in [0.29, 0.717) is 12.5 Å². The average molecular weight is 278 g/mol. The summed E-state index contributed by atoms with van der Waals surface area (Å²) in [6.45, 7) is 8.59. The van der Waals surface area contributed by atoms with Gasteiger partial charge in [0, 0.05) is 25.6 Å². The van der Waals surface area contributed by atoms with Crippen LogP contribution in [0.3, 0.4) is 0 Å². The minimum Gasteiger partial charge on any atom is -0.354 e. The maximum atomic E-state index is 11.6. The molecule has 0 aromatic rings. The second-order valence-electron chi connectivity index (χ2n) is 5.32. The molecule has 0 saturated carbocycles. The quantitative estimate of drug-likeness (QED) is 0.725. The molecular weight excluding hydrogens is 252 g/mol. The summed E-state index contributed by atoms with van der Waals surface area (Å²) in [7, 11) is -3.23. The molecule has 0 aromatic heterocycles. The summed E-state index contributed by atoms with van der Waals surface area (Å²) >= 11 is 0. The van der Waals surface area contributed by atoms with E-state index < -0.39 is 10.0 Å². The number of nitrogens with zero attached hydrogens (tertiary/aromatic N) is 1. The molecule has 0 rings (SSSR count). The van der Waals surface area contributed by atoms with Gasteiger partial charge in [0.25, 0.3) is 0 Å². The highest BCUT2D eigenvalue weighted by molar-refractivity contribution is 7.88. The topological polar surface area (TPSA) is 66.5 Å². The van der Waals surface area contributed by atoms with Gasteiger partial charge in [-0.05, 0) is 26.2 Å². The summed E-state index contributed by atoms with van der Waals surface area (Å²) in [5.41, 5.74) is 0. The molecule has 108 valence electrons. The Labute approximate surface area is 111 Å². The van der Waals surface area contributed by atoms with E-state index in [9.17, 15) is 13.2 Å². The maximum Gasteiger partial charge on any atom is 0.221 e. The van der Waals surface area contributed by atoms with E-state index in [0.717, 1.165) is 6.42 Å². The van der Waals surface area contributed by atoms with Crippen molar-refractivity contribution in [2.24, 2.45) is 5.92 Å². The molecular formula is C12H26N2O3S. The Morgan fingerprint density at radius 3 is 2.11 bits per heavy atom. The number of hydrogen-bond acceptors (Lipinski definition) is 3. The molecule has 0 aliphatic heterocycles. The molecule has 0 aliphatic carbocycles. The lowest BCUT2D eigenvalue weighted by molar-refractivity contribution is -0.121. The third kappa shape index (κ3) is 8.47. The fourth-order valence-corrected chi connectivity index (χ4v) is 2.33. The first kappa shape index (κ1) is 17.4. The monoisotopic (exact) mass is 278 g/mol. The molecule has 0 atom stereocenters. The number of carbonyl (C=O) groups excluding carboxylic acids is 1. The molecule has 0 unspecified atom stereocenters. The fraction of sp³-hybridized carbons (Fsp3) is 0.917. The molecule has 0 saturated heterocycles. The Kier molecular flexibility index (Phi) is 7.47. The normalized spacial score (nSPS) is 12.4. The van der Waals surface area contributed by atoms with Crippen molar-refractivity contribution >= 4 is 15.9 Å². The van der Waals surface area contributed by atoms with Crippen molar-refractivity contribution in [2.75, 3.05) is 19.3 Å². The summed E-state index contributed by atoms with van der Waals surface area (Å²) in [5.74, 6) is 0.335. The van der Waals surface area contributed by atoms with Crippen molar-refractivity contribution in [3.63, 3.8) is 0 Å². The highest BCUT2D eigenvalue weighted by Gasteiger charge is 2.18. The van der Waals surface area contributed by atoms with E-state index in [1.807, 2.05) is 27.7 Å². The van der Waals surface area contributed by atoms with Gasteiger partial charge in [-0.15, -0.1) is 0 Å². The number of carbonyl (C=O) groups is 1. The minimum absolute atomic E-state index is 0.0832. The number of amides is 1. The number of rotatable bonds is 8. The van der Waals surface area contributed by atoms with Gasteiger partial charge in [0.05, 0.1) is 6.26 Å². The predicted molar refractivity (Wildman–Crippen MR) is 73.8 cm³/mol. The lowest BCUT2D eigenvalue weighted by Gasteiger charge is -2.20. The van der Waals surface area contributed by atoms with Crippen LogP contribution >= 0.6 is 0 Å². The molecule has 6 heteroatoms. The second-order valence-corrected chi connectivity index (χ2v) is 7.30. The molecule has 0 spiro atoms. The SMILES string of the molecule is CC(C)CCN(CCC(=O)NC(C)C)S(C)(=O)=O. The van der Waals surface area contributed by atoms with Gasteiger partial charge in [-0.2, -0.15) is 0 Å². The third-order valence-electron chi connectivity index (χ3n) is 2.46. The second kappa shape index (κ2) is 7.74. The van der Waals surface area contributed by atoms with Crippen molar-refractivity contribution in [2.45, 2.75) is 46.6 Å². The standard InChI is InChI=1S/C12H26N2O3S/c1-10(2)6-8-14(18(5,16)17)9-7-12(15)13-11(3)4/h10-11H,6-9H2,1-5H3,(H,13,15). The first-order valence-corrected chi connectivity index (χ1v) is 8.22. The zero-order valence-electron chi connectivity index (χ0n) is 12.1. The molecule has 0 heterocycles. The van der Waals surface area contributed by atoms with Crippen molar-refractivity contribution in [1.29, 1.82) is 0 Å². The lowest BCUT2D eigenvalue weighted by Crippen LogP contribution is -2.37. The number of hydrogen-bond donors (Lipinski definition) is 1. The van der Waals surface area contributed by atoms with Crippen LogP contribution in [0.25, 0.3) is 0 Å². The van der Waals surface area contributed by atoms with Gasteiger partial charge in [0.2, 0.25) is 15.9 Å². The zero-order chi connectivity index (χ0) is 14.3. The van der Waals surface area contributed by atoms with E-state index in [2.05, 4.69) is 5.32 Å². The van der Waals surface area contributed by atoms with Gasteiger partial charge < -0.3 is 5.32 Å². The summed E-state index contributed by atoms with van der Waals surface area (Å²) in [5, 5.41) is 2.75. The number of nitrogens with one attached hydrogen (secondary N) is 1. The number of sulfonamides is 1. The van der Waals surface area contributed by atoms with Crippen LogP contribution < -0.4 is 5.32 Å². The maximum absolute atomic E-state index is 11.6. The van der Waals surface area contributed by atoms with Gasteiger partial charge in [-0.1, -0.05) is 13.8 Å². The first-order valence-electron chi connectivity index (χ1n) is 6.37. The van der Waals surface area contributed by atoms with Crippen LogP contribution in [0.15, 0.2) is 0 Å². The van der Waals surface area contributed by atoms with Crippen LogP contribution in [0.4, 0.5) is 0 Å². The average Bonchev–Trinajstić information content (AvgIpc) is 2.13. The van der Waals surface area contributed by atoms with Crippen LogP contribution in [0.1, 0.15) is 40.5 Å². The van der Waals surface area contributed by atoms with Crippen LogP contribution in [-0.2, 0) is 14.8 Å². The zero-order valence-corrected chi connectivity index (χ0v) is 12.9. The van der Waals surface area contributed by atoms with Crippen molar-refractivity contribution in [3.8, 4) is 0 Å². The summed E-state index contributed by atoms with van der Waals surface area (Å²) in [4.78, 5) is 11.5. The first-order chi connectivity index (χ1) is 8.12. The van der Waals surface area contributed by atoms with Gasteiger partial charge in [-0.25, -0.2) is 12.7 Å². The Hall–Kier alpha value is -0.620. The molecule has 0 radical (unpaired) electrons. The van der Waals surface area contributed by atoms with Crippen molar-refractivity contribution in [1.82, 2.24) is 9.62 Å². The molecule has 1 N–H and O–H groups in total. The predicted octanol–water partition coefficient (Wildman–Crippen LogP) is 1.21. The fourth-order valence-electron chi connectivity index (χ4n) is 1.47. The lowest BCUT2D eigenvalue weighted by atomic mass is 10.1. The van der Waals surface area contributed by atoms with Gasteiger partial charge in [0.1, 0.15) is 0 Å². The van der Waals surface area contributed by atoms with Gasteiger partial charge in [-0.3, -0.25) is 4.79 Å². The van der Waals surface area contributed by atoms with Gasteiger partial charge >= 0.3 is 0 Å². The summed E-state index contributed by atoms with van der Waals surface area (Å²) < 4.78 is 24.5. The third-order valence-corrected chi connectivity index (χ3v) is 3.77. The Morgan fingerprint density at radius 2 is 1.72 bits per heavy atom. The van der Waals surface area contributed by atoms with E-state index in [-0.39, 0.29) is 24.9 Å². The Balaban J connectivity index is 4.30. The summed E-state index contributed by atoms with van der Waals surface area (Å²) in [6, 6.07) is 0.0832. The largest absolute Gasteiger partial charge is 0.354 e. The highest BCUT2D eigenvalue weighted by atomic mass is 32.2. The van der Waals surface area contributed by atoms with Crippen LogP contribution in [-0.4, -0.2) is 44.0 Å². The van der Waals surface area contributed by atoms with E-state index in [1.54, 1.807) is 0 Å². The molecule has 0 aromatic carbocycles. The summed E-state index contributed by atoms with van der Waals surface area (Å²) in [6.07, 6.45) is 2.20. The molecule has 5 nitrogen and oxygen atoms in total. The molecule has 18 heavy (non-hydrogen) atoms. The molecule has 0 fully saturated rings. The molecule has 0 aliphatic rings. The highest BCUT2D eigenvalue weighted by Crippen LogP contribution is 2.06. The van der Waals surface area contributed by atoms with Crippen molar-refractivity contribution < 1.29 is 13.2 Å². The van der Waals surface area contributed by atoms with Crippen LogP contribution in [0.2, 0.25) is 0 Å². The van der Waals surface area contributed by atoms with Crippen LogP contribution in [0.5, 0.6) is 0 Å². The van der Waals surface area contributed by atoms with Crippen LogP contribution in [0, 0.1) is 5.92 Å². The molecule has 1 amide bonds. The van der Waals surface area contributed by atoms with E-state index in [1.165, 1.54) is 10.6 Å². The Morgan fingerprint density at radius 1 is 1.17 bits per heavy atom. The molecule has 0 bridgehead atoms. The van der Waals surface area contributed by atoms with E-state index in [4.69, 9.17) is 0 Å². The van der Waals surface area contributed by atoms with Gasteiger partial charge in [0.15, 0.2) is 0 Å². The minimum atomic E-state index is -3.23. The Bertz CT molecular complexity index is 350. The van der Waals surface area contributed by atoms with E-state index >= 15 is 0 Å².